The zero-order valence-corrected chi connectivity index (χ0v) is 17.1. The number of thiophene rings is 1. The number of hydrogen-bond donors (Lipinski definition) is 1. The summed E-state index contributed by atoms with van der Waals surface area (Å²) in [6.07, 6.45) is 1.66. The smallest absolute Gasteiger partial charge is 0.278 e. The number of aromatic nitrogens is 1. The van der Waals surface area contributed by atoms with Crippen LogP contribution in [-0.4, -0.2) is 21.7 Å². The van der Waals surface area contributed by atoms with Crippen molar-refractivity contribution in [3.63, 3.8) is 0 Å². The summed E-state index contributed by atoms with van der Waals surface area (Å²) >= 11 is 1.44. The van der Waals surface area contributed by atoms with Gasteiger partial charge in [-0.3, -0.25) is 19.5 Å². The fourth-order valence-corrected chi connectivity index (χ4v) is 4.00. The van der Waals surface area contributed by atoms with Crippen LogP contribution in [0.1, 0.15) is 35.9 Å². The average Bonchev–Trinajstić information content (AvgIpc) is 3.33. The van der Waals surface area contributed by atoms with Crippen molar-refractivity contribution in [2.45, 2.75) is 26.3 Å². The maximum absolute atomic E-state index is 13.2. The number of pyridine rings is 1. The third kappa shape index (κ3) is 3.84. The zero-order chi connectivity index (χ0) is 20.4. The van der Waals surface area contributed by atoms with Crippen molar-refractivity contribution in [2.24, 2.45) is 0 Å². The number of amides is 2. The molecule has 5 nitrogen and oxygen atoms in total. The number of nitrogens with zero attached hydrogens (tertiary/aromatic N) is 2. The SMILES string of the molecule is CC(C)c1ccc(NC2=C(c3cccs3)C(=O)N(Cc3ccccn3)C2=O)cc1. The summed E-state index contributed by atoms with van der Waals surface area (Å²) in [5, 5.41) is 5.09. The van der Waals surface area contributed by atoms with Crippen molar-refractivity contribution in [1.29, 1.82) is 0 Å². The topological polar surface area (TPSA) is 62.3 Å². The van der Waals surface area contributed by atoms with Crippen LogP contribution in [0.2, 0.25) is 0 Å². The van der Waals surface area contributed by atoms with Crippen LogP contribution in [0.4, 0.5) is 5.69 Å². The molecule has 0 aliphatic carbocycles. The van der Waals surface area contributed by atoms with E-state index in [1.165, 1.54) is 21.8 Å². The quantitative estimate of drug-likeness (QED) is 0.608. The first-order valence-corrected chi connectivity index (χ1v) is 10.3. The Morgan fingerprint density at radius 3 is 2.41 bits per heavy atom. The molecule has 3 heterocycles. The van der Waals surface area contributed by atoms with E-state index in [2.05, 4.69) is 24.1 Å². The zero-order valence-electron chi connectivity index (χ0n) is 16.3. The third-order valence-electron chi connectivity index (χ3n) is 4.83. The minimum Gasteiger partial charge on any atom is -0.350 e. The summed E-state index contributed by atoms with van der Waals surface area (Å²) in [5.41, 5.74) is 3.38. The molecule has 146 valence electrons. The first kappa shape index (κ1) is 19.1. The van der Waals surface area contributed by atoms with E-state index in [0.29, 0.717) is 22.9 Å². The number of benzene rings is 1. The van der Waals surface area contributed by atoms with Gasteiger partial charge in [0, 0.05) is 16.8 Å². The summed E-state index contributed by atoms with van der Waals surface area (Å²) in [4.78, 5) is 32.6. The maximum Gasteiger partial charge on any atom is 0.278 e. The second-order valence-electron chi connectivity index (χ2n) is 7.15. The molecule has 6 heteroatoms. The molecule has 0 radical (unpaired) electrons. The molecule has 2 aromatic heterocycles. The average molecular weight is 404 g/mol. The molecule has 0 saturated carbocycles. The Labute approximate surface area is 173 Å². The molecule has 0 atom stereocenters. The van der Waals surface area contributed by atoms with E-state index in [9.17, 15) is 9.59 Å². The van der Waals surface area contributed by atoms with E-state index in [1.807, 2.05) is 47.8 Å². The Bertz CT molecular complexity index is 1060. The predicted octanol–water partition coefficient (Wildman–Crippen LogP) is 4.66. The van der Waals surface area contributed by atoms with Crippen LogP contribution in [0.25, 0.3) is 5.57 Å². The van der Waals surface area contributed by atoms with E-state index < -0.39 is 0 Å². The first-order chi connectivity index (χ1) is 14.0. The molecule has 0 bridgehead atoms. The van der Waals surface area contributed by atoms with Gasteiger partial charge in [-0.1, -0.05) is 38.1 Å². The van der Waals surface area contributed by atoms with Crippen molar-refractivity contribution in [3.8, 4) is 0 Å². The Morgan fingerprint density at radius 1 is 1.00 bits per heavy atom. The number of anilines is 1. The van der Waals surface area contributed by atoms with Gasteiger partial charge in [-0.15, -0.1) is 11.3 Å². The van der Waals surface area contributed by atoms with Crippen LogP contribution >= 0.6 is 11.3 Å². The van der Waals surface area contributed by atoms with E-state index in [1.54, 1.807) is 18.3 Å². The number of imide groups is 1. The Balaban J connectivity index is 1.67. The maximum atomic E-state index is 13.2. The molecule has 0 fully saturated rings. The van der Waals surface area contributed by atoms with E-state index >= 15 is 0 Å². The van der Waals surface area contributed by atoms with Crippen molar-refractivity contribution >= 4 is 34.4 Å². The van der Waals surface area contributed by atoms with Crippen molar-refractivity contribution < 1.29 is 9.59 Å². The Kier molecular flexibility index (Phi) is 5.27. The number of carbonyl (C=O) groups excluding carboxylic acids is 2. The molecule has 0 saturated heterocycles. The molecule has 1 aliphatic heterocycles. The summed E-state index contributed by atoms with van der Waals surface area (Å²) in [7, 11) is 0. The van der Waals surface area contributed by atoms with Gasteiger partial charge < -0.3 is 5.32 Å². The molecule has 0 unspecified atom stereocenters. The number of hydrogen-bond acceptors (Lipinski definition) is 5. The molecule has 1 N–H and O–H groups in total. The molecule has 0 spiro atoms. The molecule has 1 aromatic carbocycles. The van der Waals surface area contributed by atoms with Crippen LogP contribution in [-0.2, 0) is 16.1 Å². The van der Waals surface area contributed by atoms with Gasteiger partial charge in [0.1, 0.15) is 5.70 Å². The van der Waals surface area contributed by atoms with Crippen molar-refractivity contribution in [1.82, 2.24) is 9.88 Å². The van der Waals surface area contributed by atoms with Crippen LogP contribution in [0.3, 0.4) is 0 Å². The fourth-order valence-electron chi connectivity index (χ4n) is 3.23. The van der Waals surface area contributed by atoms with Gasteiger partial charge in [0.2, 0.25) is 0 Å². The highest BCUT2D eigenvalue weighted by atomic mass is 32.1. The lowest BCUT2D eigenvalue weighted by atomic mass is 10.0. The normalized spacial score (nSPS) is 14.2. The largest absolute Gasteiger partial charge is 0.350 e. The Morgan fingerprint density at radius 2 is 1.79 bits per heavy atom. The van der Waals surface area contributed by atoms with Gasteiger partial charge in [-0.25, -0.2) is 0 Å². The standard InChI is InChI=1S/C23H21N3O2S/c1-15(2)16-8-10-17(11-9-16)25-21-20(19-7-5-13-29-19)22(27)26(23(21)28)14-18-6-3-4-12-24-18/h3-13,15,25H,14H2,1-2H3. The Hall–Kier alpha value is -3.25. The van der Waals surface area contributed by atoms with E-state index in [-0.39, 0.29) is 18.4 Å². The minimum absolute atomic E-state index is 0.144. The van der Waals surface area contributed by atoms with Crippen LogP contribution in [0.5, 0.6) is 0 Å². The highest BCUT2D eigenvalue weighted by molar-refractivity contribution is 7.11. The lowest BCUT2D eigenvalue weighted by molar-refractivity contribution is -0.137. The van der Waals surface area contributed by atoms with E-state index in [4.69, 9.17) is 0 Å². The van der Waals surface area contributed by atoms with Gasteiger partial charge in [-0.05, 0) is 47.2 Å². The number of carbonyl (C=O) groups is 2. The first-order valence-electron chi connectivity index (χ1n) is 9.46. The molecule has 4 rings (SSSR count). The lowest BCUT2D eigenvalue weighted by Gasteiger charge is -2.15. The van der Waals surface area contributed by atoms with Crippen molar-refractivity contribution in [3.05, 3.63) is 88.0 Å². The summed E-state index contributed by atoms with van der Waals surface area (Å²) < 4.78 is 0. The molecule has 2 amide bonds. The molecular formula is C23H21N3O2S. The van der Waals surface area contributed by atoms with Crippen molar-refractivity contribution in [2.75, 3.05) is 5.32 Å². The van der Waals surface area contributed by atoms with Crippen LogP contribution in [0, 0.1) is 0 Å². The fraction of sp³-hybridized carbons (Fsp3) is 0.174. The molecule has 1 aliphatic rings. The summed E-state index contributed by atoms with van der Waals surface area (Å²) in [5.74, 6) is -0.213. The predicted molar refractivity (Wildman–Crippen MR) is 115 cm³/mol. The second kappa shape index (κ2) is 8.01. The van der Waals surface area contributed by atoms with Gasteiger partial charge >= 0.3 is 0 Å². The van der Waals surface area contributed by atoms with E-state index in [0.717, 1.165) is 10.6 Å². The van der Waals surface area contributed by atoms with Gasteiger partial charge in [0.25, 0.3) is 11.8 Å². The highest BCUT2D eigenvalue weighted by Crippen LogP contribution is 2.33. The summed E-state index contributed by atoms with van der Waals surface area (Å²) in [6.45, 7) is 4.41. The van der Waals surface area contributed by atoms with Crippen LogP contribution < -0.4 is 5.32 Å². The third-order valence-corrected chi connectivity index (χ3v) is 5.72. The van der Waals surface area contributed by atoms with Gasteiger partial charge in [0.05, 0.1) is 17.8 Å². The van der Waals surface area contributed by atoms with Gasteiger partial charge in [0.15, 0.2) is 0 Å². The molecule has 29 heavy (non-hydrogen) atoms. The highest BCUT2D eigenvalue weighted by Gasteiger charge is 2.39. The second-order valence-corrected chi connectivity index (χ2v) is 8.09. The van der Waals surface area contributed by atoms with Crippen LogP contribution in [0.15, 0.2) is 71.9 Å². The van der Waals surface area contributed by atoms with Gasteiger partial charge in [-0.2, -0.15) is 0 Å². The molecular weight excluding hydrogens is 382 g/mol. The summed E-state index contributed by atoms with van der Waals surface area (Å²) in [6, 6.07) is 17.1. The lowest BCUT2D eigenvalue weighted by Crippen LogP contribution is -2.32. The monoisotopic (exact) mass is 403 g/mol. The number of rotatable bonds is 6. The molecule has 3 aromatic rings. The minimum atomic E-state index is -0.336. The number of nitrogens with one attached hydrogen (secondary N) is 1.